The van der Waals surface area contributed by atoms with Crippen LogP contribution in [0.2, 0.25) is 0 Å². The Kier molecular flexibility index (Phi) is 3.17. The fraction of sp³-hybridized carbons (Fsp3) is 0.421. The first-order valence-electron chi connectivity index (χ1n) is 8.36. The lowest BCUT2D eigenvalue weighted by molar-refractivity contribution is -0.166. The fourth-order valence-electron chi connectivity index (χ4n) is 4.71. The number of benzene rings is 1. The first-order chi connectivity index (χ1) is 11.6. The van der Waals surface area contributed by atoms with Gasteiger partial charge in [0.2, 0.25) is 5.78 Å². The number of hydrogen-bond acceptors (Lipinski definition) is 4. The standard InChI is InChI=1S/C19H19NO4/c1-2-24-17(23)18-10-5-6-11-19(18)14-8-4-3-7-13(14)9-12-20(19)16(22)15(18)21/h3-8H,2,9-12H2,1H3/t18-,19+/m0/s1. The van der Waals surface area contributed by atoms with Gasteiger partial charge in [-0.2, -0.15) is 0 Å². The molecule has 1 amide bonds. The molecule has 4 rings (SSSR count). The Morgan fingerprint density at radius 1 is 1.21 bits per heavy atom. The lowest BCUT2D eigenvalue weighted by atomic mass is 9.58. The Balaban J connectivity index is 2.04. The Morgan fingerprint density at radius 3 is 2.75 bits per heavy atom. The van der Waals surface area contributed by atoms with Gasteiger partial charge in [-0.1, -0.05) is 36.4 Å². The molecule has 2 atom stereocenters. The third-order valence-corrected chi connectivity index (χ3v) is 5.69. The Labute approximate surface area is 140 Å². The van der Waals surface area contributed by atoms with E-state index in [0.717, 1.165) is 11.1 Å². The molecular weight excluding hydrogens is 306 g/mol. The number of amides is 1. The van der Waals surface area contributed by atoms with Crippen molar-refractivity contribution in [2.45, 2.75) is 31.7 Å². The van der Waals surface area contributed by atoms with E-state index < -0.39 is 28.6 Å². The van der Waals surface area contributed by atoms with E-state index in [-0.39, 0.29) is 13.0 Å². The minimum absolute atomic E-state index is 0.184. The Hall–Kier alpha value is -2.43. The number of fused-ring (bicyclic) bond motifs is 1. The van der Waals surface area contributed by atoms with Crippen LogP contribution in [0.3, 0.4) is 0 Å². The Bertz CT molecular complexity index is 783. The van der Waals surface area contributed by atoms with E-state index in [2.05, 4.69) is 0 Å². The molecule has 1 fully saturated rings. The SMILES string of the molecule is CCOC(=O)[C@@]12CC=CC[C@@]13c1ccccc1CCN3C(=O)C2=O. The molecule has 0 aromatic heterocycles. The average Bonchev–Trinajstić information content (AvgIpc) is 2.82. The summed E-state index contributed by atoms with van der Waals surface area (Å²) in [4.78, 5) is 40.4. The smallest absolute Gasteiger partial charge is 0.323 e. The third kappa shape index (κ3) is 1.52. The maximum atomic E-state index is 13.0. The van der Waals surface area contributed by atoms with E-state index in [9.17, 15) is 14.4 Å². The summed E-state index contributed by atoms with van der Waals surface area (Å²) in [6.07, 6.45) is 5.16. The van der Waals surface area contributed by atoms with Crippen molar-refractivity contribution in [1.82, 2.24) is 4.90 Å². The maximum Gasteiger partial charge on any atom is 0.323 e. The molecule has 5 nitrogen and oxygen atoms in total. The number of ether oxygens (including phenoxy) is 1. The highest BCUT2D eigenvalue weighted by Crippen LogP contribution is 2.59. The van der Waals surface area contributed by atoms with Gasteiger partial charge in [-0.3, -0.25) is 14.4 Å². The fourth-order valence-corrected chi connectivity index (χ4v) is 4.71. The molecule has 1 aromatic carbocycles. The highest BCUT2D eigenvalue weighted by molar-refractivity contribution is 6.45. The number of carbonyl (C=O) groups excluding carboxylic acids is 3. The molecule has 0 bridgehead atoms. The average molecular weight is 325 g/mol. The third-order valence-electron chi connectivity index (χ3n) is 5.69. The molecule has 1 aromatic rings. The van der Waals surface area contributed by atoms with Crippen LogP contribution < -0.4 is 0 Å². The van der Waals surface area contributed by atoms with Crippen molar-refractivity contribution in [1.29, 1.82) is 0 Å². The molecule has 2 aliphatic heterocycles. The van der Waals surface area contributed by atoms with Crippen molar-refractivity contribution in [2.75, 3.05) is 13.2 Å². The van der Waals surface area contributed by atoms with Gasteiger partial charge in [0.25, 0.3) is 5.91 Å². The predicted octanol–water partition coefficient (Wildman–Crippen LogP) is 1.75. The number of allylic oxidation sites excluding steroid dienone is 1. The summed E-state index contributed by atoms with van der Waals surface area (Å²) in [6.45, 7) is 2.35. The van der Waals surface area contributed by atoms with Crippen molar-refractivity contribution >= 4 is 17.7 Å². The summed E-state index contributed by atoms with van der Waals surface area (Å²) < 4.78 is 5.29. The van der Waals surface area contributed by atoms with Crippen LogP contribution in [0.15, 0.2) is 36.4 Å². The quantitative estimate of drug-likeness (QED) is 0.360. The van der Waals surface area contributed by atoms with Crippen molar-refractivity contribution in [3.63, 3.8) is 0 Å². The monoisotopic (exact) mass is 325 g/mol. The Morgan fingerprint density at radius 2 is 1.96 bits per heavy atom. The zero-order valence-electron chi connectivity index (χ0n) is 13.6. The molecule has 0 radical (unpaired) electrons. The van der Waals surface area contributed by atoms with E-state index in [4.69, 9.17) is 4.74 Å². The largest absolute Gasteiger partial charge is 0.465 e. The van der Waals surface area contributed by atoms with Crippen LogP contribution in [-0.2, 0) is 31.1 Å². The normalized spacial score (nSPS) is 30.6. The molecule has 0 saturated carbocycles. The van der Waals surface area contributed by atoms with Gasteiger partial charge in [0.05, 0.1) is 12.1 Å². The zero-order valence-corrected chi connectivity index (χ0v) is 13.6. The molecule has 0 N–H and O–H groups in total. The van der Waals surface area contributed by atoms with E-state index in [1.165, 1.54) is 0 Å². The van der Waals surface area contributed by atoms with Gasteiger partial charge < -0.3 is 9.64 Å². The van der Waals surface area contributed by atoms with E-state index in [0.29, 0.717) is 19.4 Å². The first kappa shape index (κ1) is 15.1. The zero-order chi connectivity index (χ0) is 16.9. The lowest BCUT2D eigenvalue weighted by Crippen LogP contribution is -2.59. The number of rotatable bonds is 2. The van der Waals surface area contributed by atoms with Crippen LogP contribution in [0.1, 0.15) is 30.9 Å². The van der Waals surface area contributed by atoms with Gasteiger partial charge in [0.1, 0.15) is 0 Å². The second kappa shape index (κ2) is 5.03. The molecule has 1 spiro atoms. The minimum atomic E-state index is -1.47. The number of ketones is 1. The molecule has 24 heavy (non-hydrogen) atoms. The molecule has 5 heteroatoms. The minimum Gasteiger partial charge on any atom is -0.465 e. The van der Waals surface area contributed by atoms with Gasteiger partial charge in [0, 0.05) is 6.54 Å². The van der Waals surface area contributed by atoms with Crippen molar-refractivity contribution in [2.24, 2.45) is 5.41 Å². The van der Waals surface area contributed by atoms with Crippen LogP contribution in [0.5, 0.6) is 0 Å². The summed E-state index contributed by atoms with van der Waals surface area (Å²) in [6, 6.07) is 7.82. The van der Waals surface area contributed by atoms with Crippen molar-refractivity contribution in [3.05, 3.63) is 47.5 Å². The van der Waals surface area contributed by atoms with Gasteiger partial charge in [-0.05, 0) is 37.3 Å². The number of Topliss-reactive ketones (excluding diaryl/α,β-unsaturated/α-hetero) is 1. The van der Waals surface area contributed by atoms with Crippen LogP contribution >= 0.6 is 0 Å². The van der Waals surface area contributed by atoms with E-state index >= 15 is 0 Å². The van der Waals surface area contributed by atoms with Gasteiger partial charge in [-0.15, -0.1) is 0 Å². The molecular formula is C19H19NO4. The summed E-state index contributed by atoms with van der Waals surface area (Å²) >= 11 is 0. The molecule has 3 aliphatic rings. The molecule has 1 saturated heterocycles. The van der Waals surface area contributed by atoms with Crippen molar-refractivity contribution < 1.29 is 19.1 Å². The second-order valence-electron chi connectivity index (χ2n) is 6.56. The summed E-state index contributed by atoms with van der Waals surface area (Å²) in [5, 5.41) is 0. The van der Waals surface area contributed by atoms with Crippen LogP contribution in [0.25, 0.3) is 0 Å². The molecule has 2 heterocycles. The van der Waals surface area contributed by atoms with Crippen LogP contribution in [0, 0.1) is 5.41 Å². The maximum absolute atomic E-state index is 13.0. The highest BCUT2D eigenvalue weighted by Gasteiger charge is 2.74. The predicted molar refractivity (Wildman–Crippen MR) is 86.0 cm³/mol. The number of hydrogen-bond donors (Lipinski definition) is 0. The summed E-state index contributed by atoms with van der Waals surface area (Å²) in [5.74, 6) is -1.75. The van der Waals surface area contributed by atoms with E-state index in [1.807, 2.05) is 36.4 Å². The van der Waals surface area contributed by atoms with Crippen molar-refractivity contribution in [3.8, 4) is 0 Å². The molecule has 0 unspecified atom stereocenters. The molecule has 1 aliphatic carbocycles. The second-order valence-corrected chi connectivity index (χ2v) is 6.56. The summed E-state index contributed by atoms with van der Waals surface area (Å²) in [7, 11) is 0. The number of carbonyl (C=O) groups is 3. The van der Waals surface area contributed by atoms with Crippen LogP contribution in [0.4, 0.5) is 0 Å². The van der Waals surface area contributed by atoms with E-state index in [1.54, 1.807) is 11.8 Å². The highest BCUT2D eigenvalue weighted by atomic mass is 16.5. The lowest BCUT2D eigenvalue weighted by Gasteiger charge is -2.51. The van der Waals surface area contributed by atoms with Gasteiger partial charge in [0.15, 0.2) is 5.41 Å². The topological polar surface area (TPSA) is 63.7 Å². The van der Waals surface area contributed by atoms with Gasteiger partial charge in [-0.25, -0.2) is 0 Å². The number of nitrogens with zero attached hydrogens (tertiary/aromatic N) is 1. The number of esters is 1. The molecule has 124 valence electrons. The first-order valence-corrected chi connectivity index (χ1v) is 8.36. The van der Waals surface area contributed by atoms with Crippen LogP contribution in [-0.4, -0.2) is 35.7 Å². The summed E-state index contributed by atoms with van der Waals surface area (Å²) in [5.41, 5.74) is -0.407. The van der Waals surface area contributed by atoms with Gasteiger partial charge >= 0.3 is 5.97 Å².